The summed E-state index contributed by atoms with van der Waals surface area (Å²) in [5.74, 6) is -1.37. The van der Waals surface area contributed by atoms with Crippen molar-refractivity contribution in [2.75, 3.05) is 29.6 Å². The van der Waals surface area contributed by atoms with Crippen molar-refractivity contribution in [3.05, 3.63) is 41.1 Å². The molecule has 0 unspecified atom stereocenters. The van der Waals surface area contributed by atoms with Crippen LogP contribution >= 0.6 is 11.8 Å². The molecule has 31 heavy (non-hydrogen) atoms. The fourth-order valence-corrected chi connectivity index (χ4v) is 4.51. The van der Waals surface area contributed by atoms with Gasteiger partial charge in [0.25, 0.3) is 0 Å². The number of alkyl halides is 3. The lowest BCUT2D eigenvalue weighted by molar-refractivity contribution is -0.170. The molecule has 0 N–H and O–H groups in total. The maximum Gasteiger partial charge on any atom is 0.471 e. The number of nitrogens with zero attached hydrogens (tertiary/aromatic N) is 5. The lowest BCUT2D eigenvalue weighted by Crippen LogP contribution is -2.51. The minimum atomic E-state index is -4.97. The van der Waals surface area contributed by atoms with E-state index in [1.54, 1.807) is 43.3 Å². The number of aryl methyl sites for hydroxylation is 1. The third kappa shape index (κ3) is 3.60. The van der Waals surface area contributed by atoms with Crippen LogP contribution in [0.3, 0.4) is 0 Å². The number of amides is 3. The molecule has 0 aliphatic carbocycles. The van der Waals surface area contributed by atoms with E-state index >= 15 is 0 Å². The highest BCUT2D eigenvalue weighted by atomic mass is 32.2. The molecule has 2 aliphatic rings. The Morgan fingerprint density at radius 2 is 2.03 bits per heavy atom. The van der Waals surface area contributed by atoms with Crippen LogP contribution in [-0.4, -0.2) is 52.8 Å². The Labute approximate surface area is 181 Å². The van der Waals surface area contributed by atoms with E-state index in [9.17, 15) is 22.8 Å². The first-order valence-electron chi connectivity index (χ1n) is 9.56. The number of benzene rings is 1. The van der Waals surface area contributed by atoms with Gasteiger partial charge in [0, 0.05) is 25.4 Å². The van der Waals surface area contributed by atoms with E-state index < -0.39 is 18.1 Å². The van der Waals surface area contributed by atoms with E-state index in [4.69, 9.17) is 0 Å². The summed E-state index contributed by atoms with van der Waals surface area (Å²) < 4.78 is 39.5. The Balaban J connectivity index is 1.74. The first-order valence-corrected chi connectivity index (χ1v) is 10.8. The van der Waals surface area contributed by atoms with Crippen LogP contribution in [0.25, 0.3) is 0 Å². The SMILES string of the molecule is CSc1ncc2c(n1)N(C)C(=O)N([C@H]1CCN(C(=O)C(F)(F)F)c3c(C)cccc31)C2. The summed E-state index contributed by atoms with van der Waals surface area (Å²) in [4.78, 5) is 37.7. The number of hydrogen-bond acceptors (Lipinski definition) is 5. The molecule has 0 bridgehead atoms. The zero-order chi connectivity index (χ0) is 22.5. The van der Waals surface area contributed by atoms with E-state index in [2.05, 4.69) is 9.97 Å². The first-order chi connectivity index (χ1) is 14.6. The lowest BCUT2D eigenvalue weighted by atomic mass is 9.91. The smallest absolute Gasteiger partial charge is 0.313 e. The Kier molecular flexibility index (Phi) is 5.32. The highest BCUT2D eigenvalue weighted by Gasteiger charge is 2.47. The highest BCUT2D eigenvalue weighted by molar-refractivity contribution is 7.98. The normalized spacial score (nSPS) is 18.7. The van der Waals surface area contributed by atoms with Gasteiger partial charge in [-0.15, -0.1) is 0 Å². The maximum atomic E-state index is 13.2. The molecule has 7 nitrogen and oxygen atoms in total. The van der Waals surface area contributed by atoms with Crippen molar-refractivity contribution >= 4 is 35.2 Å². The number of rotatable bonds is 2. The Hall–Kier alpha value is -2.82. The fraction of sp³-hybridized carbons (Fsp3) is 0.400. The van der Waals surface area contributed by atoms with Gasteiger partial charge in [0.15, 0.2) is 5.16 Å². The number of urea groups is 1. The van der Waals surface area contributed by atoms with E-state index in [0.29, 0.717) is 22.1 Å². The van der Waals surface area contributed by atoms with E-state index in [1.165, 1.54) is 16.7 Å². The topological polar surface area (TPSA) is 69.6 Å². The number of fused-ring (bicyclic) bond motifs is 2. The molecule has 0 saturated carbocycles. The second-order valence-electron chi connectivity index (χ2n) is 7.45. The van der Waals surface area contributed by atoms with Crippen molar-refractivity contribution in [2.24, 2.45) is 0 Å². The Morgan fingerprint density at radius 3 is 2.71 bits per heavy atom. The van der Waals surface area contributed by atoms with Gasteiger partial charge in [-0.05, 0) is 30.7 Å². The summed E-state index contributed by atoms with van der Waals surface area (Å²) in [6.07, 6.45) is -1.27. The van der Waals surface area contributed by atoms with Crippen LogP contribution in [0.5, 0.6) is 0 Å². The average molecular weight is 451 g/mol. The molecule has 0 radical (unpaired) electrons. The molecule has 11 heteroatoms. The van der Waals surface area contributed by atoms with Gasteiger partial charge in [0.1, 0.15) is 5.82 Å². The van der Waals surface area contributed by atoms with Crippen molar-refractivity contribution in [3.8, 4) is 0 Å². The predicted molar refractivity (Wildman–Crippen MR) is 110 cm³/mol. The van der Waals surface area contributed by atoms with Crippen molar-refractivity contribution in [1.29, 1.82) is 0 Å². The molecule has 1 aromatic carbocycles. The largest absolute Gasteiger partial charge is 0.471 e. The first kappa shape index (κ1) is 21.4. The van der Waals surface area contributed by atoms with Gasteiger partial charge < -0.3 is 9.80 Å². The molecule has 2 aliphatic heterocycles. The summed E-state index contributed by atoms with van der Waals surface area (Å²) >= 11 is 1.37. The fourth-order valence-electron chi connectivity index (χ4n) is 4.18. The summed E-state index contributed by atoms with van der Waals surface area (Å²) in [5.41, 5.74) is 2.04. The zero-order valence-corrected chi connectivity index (χ0v) is 17.9. The molecule has 1 aromatic heterocycles. The predicted octanol–water partition coefficient (Wildman–Crippen LogP) is 3.92. The van der Waals surface area contributed by atoms with Crippen LogP contribution < -0.4 is 9.80 Å². The molecule has 4 rings (SSSR count). The number of carbonyl (C=O) groups is 2. The quantitative estimate of drug-likeness (QED) is 0.511. The average Bonchev–Trinajstić information content (AvgIpc) is 2.74. The number of aromatic nitrogens is 2. The molecular weight excluding hydrogens is 431 g/mol. The van der Waals surface area contributed by atoms with Gasteiger partial charge in [-0.2, -0.15) is 13.2 Å². The molecule has 0 saturated heterocycles. The molecule has 3 heterocycles. The second-order valence-corrected chi connectivity index (χ2v) is 8.22. The van der Waals surface area contributed by atoms with Gasteiger partial charge >= 0.3 is 18.1 Å². The van der Waals surface area contributed by atoms with Gasteiger partial charge in [-0.1, -0.05) is 30.0 Å². The number of carbonyl (C=O) groups excluding carboxylic acids is 2. The lowest BCUT2D eigenvalue weighted by Gasteiger charge is -2.43. The van der Waals surface area contributed by atoms with E-state index in [0.717, 1.165) is 10.5 Å². The number of thioether (sulfide) groups is 1. The van der Waals surface area contributed by atoms with Gasteiger partial charge in [-0.25, -0.2) is 14.8 Å². The molecule has 1 atom stereocenters. The Morgan fingerprint density at radius 1 is 1.29 bits per heavy atom. The molecule has 0 fully saturated rings. The number of halogens is 3. The standard InChI is InChI=1S/C20H20F3N5O2S/c1-11-5-4-6-13-14(7-8-27(15(11)13)17(29)20(21,22)23)28-10-12-9-24-18(31-3)25-16(12)26(2)19(28)30/h4-6,9,14H,7-8,10H2,1-3H3/t14-/m0/s1. The summed E-state index contributed by atoms with van der Waals surface area (Å²) in [7, 11) is 1.61. The molecule has 2 aromatic rings. The van der Waals surface area contributed by atoms with Crippen LogP contribution in [0.4, 0.5) is 29.5 Å². The van der Waals surface area contributed by atoms with Crippen LogP contribution in [-0.2, 0) is 11.3 Å². The van der Waals surface area contributed by atoms with E-state index in [-0.39, 0.29) is 31.2 Å². The van der Waals surface area contributed by atoms with Gasteiger partial charge in [0.2, 0.25) is 0 Å². The molecular formula is C20H20F3N5O2S. The van der Waals surface area contributed by atoms with Crippen molar-refractivity contribution in [2.45, 2.75) is 37.3 Å². The number of anilines is 2. The summed E-state index contributed by atoms with van der Waals surface area (Å²) in [6, 6.07) is 4.29. The second kappa shape index (κ2) is 7.70. The minimum Gasteiger partial charge on any atom is -0.313 e. The van der Waals surface area contributed by atoms with Crippen molar-refractivity contribution < 1.29 is 22.8 Å². The van der Waals surface area contributed by atoms with Crippen LogP contribution in [0.15, 0.2) is 29.6 Å². The number of para-hydroxylation sites is 1. The van der Waals surface area contributed by atoms with Crippen molar-refractivity contribution in [1.82, 2.24) is 14.9 Å². The summed E-state index contributed by atoms with van der Waals surface area (Å²) in [5, 5.41) is 0.548. The monoisotopic (exact) mass is 451 g/mol. The van der Waals surface area contributed by atoms with Crippen molar-refractivity contribution in [3.63, 3.8) is 0 Å². The molecule has 3 amide bonds. The third-order valence-corrected chi connectivity index (χ3v) is 6.14. The molecule has 0 spiro atoms. The third-order valence-electron chi connectivity index (χ3n) is 5.58. The van der Waals surface area contributed by atoms with Crippen LogP contribution in [0.1, 0.15) is 29.2 Å². The maximum absolute atomic E-state index is 13.2. The minimum absolute atomic E-state index is 0.136. The van der Waals surface area contributed by atoms with E-state index in [1.807, 2.05) is 6.26 Å². The van der Waals surface area contributed by atoms with Crippen LogP contribution in [0, 0.1) is 6.92 Å². The van der Waals surface area contributed by atoms with Crippen LogP contribution in [0.2, 0.25) is 0 Å². The highest BCUT2D eigenvalue weighted by Crippen LogP contribution is 2.43. The summed E-state index contributed by atoms with van der Waals surface area (Å²) in [6.45, 7) is 1.76. The molecule has 164 valence electrons. The Bertz CT molecular complexity index is 1060. The van der Waals surface area contributed by atoms with Gasteiger partial charge in [0.05, 0.1) is 18.3 Å². The van der Waals surface area contributed by atoms with Gasteiger partial charge in [-0.3, -0.25) is 9.69 Å². The zero-order valence-electron chi connectivity index (χ0n) is 17.1. The number of hydrogen-bond donors (Lipinski definition) is 0.